The number of hydrogen-bond donors (Lipinski definition) is 2. The number of anilines is 2. The summed E-state index contributed by atoms with van der Waals surface area (Å²) in [4.78, 5) is 32.6. The lowest BCUT2D eigenvalue weighted by Gasteiger charge is -2.27. The quantitative estimate of drug-likeness (QED) is 0.552. The summed E-state index contributed by atoms with van der Waals surface area (Å²) >= 11 is 0. The van der Waals surface area contributed by atoms with Crippen molar-refractivity contribution >= 4 is 23.2 Å². The van der Waals surface area contributed by atoms with Gasteiger partial charge in [0.05, 0.1) is 24.0 Å². The number of carbonyl (C=O) groups excluding carboxylic acids is 2. The van der Waals surface area contributed by atoms with Gasteiger partial charge in [-0.15, -0.1) is 0 Å². The molecule has 35 heavy (non-hydrogen) atoms. The summed E-state index contributed by atoms with van der Waals surface area (Å²) in [6.45, 7) is 5.96. The van der Waals surface area contributed by atoms with E-state index in [1.807, 2.05) is 26.2 Å². The molecule has 1 aliphatic heterocycles. The molecule has 0 atom stereocenters. The van der Waals surface area contributed by atoms with Crippen LogP contribution in [0.4, 0.5) is 24.5 Å². The third kappa shape index (κ3) is 7.76. The van der Waals surface area contributed by atoms with Gasteiger partial charge in [-0.2, -0.15) is 13.2 Å². The van der Waals surface area contributed by atoms with E-state index in [1.165, 1.54) is 12.1 Å². The average molecular weight is 488 g/mol. The zero-order valence-electron chi connectivity index (χ0n) is 19.7. The summed E-state index contributed by atoms with van der Waals surface area (Å²) in [5, 5.41) is 5.32. The van der Waals surface area contributed by atoms with Gasteiger partial charge in [0.2, 0.25) is 5.91 Å². The van der Waals surface area contributed by atoms with Gasteiger partial charge in [0.1, 0.15) is 0 Å². The van der Waals surface area contributed by atoms with Crippen molar-refractivity contribution in [3.05, 3.63) is 77.7 Å². The second-order valence-corrected chi connectivity index (χ2v) is 8.59. The number of carbonyl (C=O) groups is 2. The van der Waals surface area contributed by atoms with Crippen LogP contribution < -0.4 is 10.6 Å². The molecule has 0 aliphatic carbocycles. The minimum Gasteiger partial charge on any atom is -0.324 e. The summed E-state index contributed by atoms with van der Waals surface area (Å²) in [6, 6.07) is 6.37. The molecule has 0 fully saturated rings. The van der Waals surface area contributed by atoms with Gasteiger partial charge in [-0.1, -0.05) is 18.7 Å². The molecule has 1 aliphatic rings. The number of pyridine rings is 1. The number of amides is 2. The molecule has 0 saturated heterocycles. The molecule has 2 N–H and O–H groups in total. The highest BCUT2D eigenvalue weighted by Crippen LogP contribution is 2.31. The van der Waals surface area contributed by atoms with Crippen LogP contribution in [0.2, 0.25) is 0 Å². The molecular weight excluding hydrogens is 459 g/mol. The highest BCUT2D eigenvalue weighted by Gasteiger charge is 2.30. The van der Waals surface area contributed by atoms with Crippen LogP contribution in [0.15, 0.2) is 66.5 Å². The Hall–Kier alpha value is -3.50. The second-order valence-electron chi connectivity index (χ2n) is 8.59. The van der Waals surface area contributed by atoms with Crippen LogP contribution in [-0.2, 0) is 22.3 Å². The molecule has 2 amide bonds. The minimum atomic E-state index is -4.49. The SMILES string of the molecule is C=C(C(=O)Nc1cccc(C(F)(F)F)c1)C1=CCN(Cc2cncc(NC(=O)CN(C)C)c2)CC1. The maximum Gasteiger partial charge on any atom is 0.416 e. The lowest BCUT2D eigenvalue weighted by atomic mass is 9.99. The molecule has 0 bridgehead atoms. The number of hydrogen-bond acceptors (Lipinski definition) is 5. The van der Waals surface area contributed by atoms with E-state index in [0.29, 0.717) is 31.7 Å². The monoisotopic (exact) mass is 487 g/mol. The van der Waals surface area contributed by atoms with Crippen molar-refractivity contribution < 1.29 is 22.8 Å². The van der Waals surface area contributed by atoms with Crippen molar-refractivity contribution in [2.75, 3.05) is 44.4 Å². The van der Waals surface area contributed by atoms with Crippen molar-refractivity contribution in [3.8, 4) is 0 Å². The first kappa shape index (κ1) is 26.1. The summed E-state index contributed by atoms with van der Waals surface area (Å²) < 4.78 is 38.7. The van der Waals surface area contributed by atoms with Crippen molar-refractivity contribution in [3.63, 3.8) is 0 Å². The first-order chi connectivity index (χ1) is 16.5. The largest absolute Gasteiger partial charge is 0.416 e. The van der Waals surface area contributed by atoms with Crippen LogP contribution in [0, 0.1) is 0 Å². The molecule has 1 aromatic carbocycles. The number of halogens is 3. The number of rotatable bonds is 8. The Bertz CT molecular complexity index is 1130. The van der Waals surface area contributed by atoms with Crippen molar-refractivity contribution in [2.45, 2.75) is 19.1 Å². The van der Waals surface area contributed by atoms with Gasteiger partial charge >= 0.3 is 6.18 Å². The van der Waals surface area contributed by atoms with Gasteiger partial charge in [-0.05, 0) is 55.9 Å². The van der Waals surface area contributed by atoms with E-state index < -0.39 is 17.6 Å². The molecular formula is C25H28F3N5O2. The van der Waals surface area contributed by atoms with Gasteiger partial charge < -0.3 is 15.5 Å². The molecule has 0 unspecified atom stereocenters. The van der Waals surface area contributed by atoms with Crippen LogP contribution in [0.5, 0.6) is 0 Å². The lowest BCUT2D eigenvalue weighted by Crippen LogP contribution is -2.30. The van der Waals surface area contributed by atoms with Crippen LogP contribution >= 0.6 is 0 Å². The second kappa shape index (κ2) is 11.3. The third-order valence-corrected chi connectivity index (χ3v) is 5.35. The number of nitrogens with one attached hydrogen (secondary N) is 2. The summed E-state index contributed by atoms with van der Waals surface area (Å²) in [5.74, 6) is -0.657. The zero-order chi connectivity index (χ0) is 25.6. The van der Waals surface area contributed by atoms with Gasteiger partial charge in [-0.3, -0.25) is 19.5 Å². The molecule has 0 saturated carbocycles. The molecule has 1 aromatic heterocycles. The van der Waals surface area contributed by atoms with E-state index in [2.05, 4.69) is 27.1 Å². The molecule has 2 aromatic rings. The van der Waals surface area contributed by atoms with Crippen LogP contribution in [0.25, 0.3) is 0 Å². The summed E-state index contributed by atoms with van der Waals surface area (Å²) in [6.07, 6.45) is 1.32. The fourth-order valence-corrected chi connectivity index (χ4v) is 3.64. The minimum absolute atomic E-state index is 0.0639. The molecule has 7 nitrogen and oxygen atoms in total. The Morgan fingerprint density at radius 1 is 1.14 bits per heavy atom. The molecule has 3 rings (SSSR count). The lowest BCUT2D eigenvalue weighted by molar-refractivity contribution is -0.137. The number of benzene rings is 1. The summed E-state index contributed by atoms with van der Waals surface area (Å²) in [7, 11) is 3.63. The van der Waals surface area contributed by atoms with E-state index in [4.69, 9.17) is 0 Å². The Kier molecular flexibility index (Phi) is 8.42. The topological polar surface area (TPSA) is 77.6 Å². The van der Waals surface area contributed by atoms with Crippen molar-refractivity contribution in [2.24, 2.45) is 0 Å². The molecule has 0 radical (unpaired) electrons. The first-order valence-electron chi connectivity index (χ1n) is 11.0. The fourth-order valence-electron chi connectivity index (χ4n) is 3.64. The maximum absolute atomic E-state index is 12.9. The smallest absolute Gasteiger partial charge is 0.324 e. The van der Waals surface area contributed by atoms with Gasteiger partial charge in [0, 0.05) is 37.1 Å². The highest BCUT2D eigenvalue weighted by molar-refractivity contribution is 6.06. The molecule has 10 heteroatoms. The van der Waals surface area contributed by atoms with Crippen molar-refractivity contribution in [1.82, 2.24) is 14.8 Å². The zero-order valence-corrected chi connectivity index (χ0v) is 19.7. The Balaban J connectivity index is 1.55. The Morgan fingerprint density at radius 2 is 1.91 bits per heavy atom. The van der Waals surface area contributed by atoms with Gasteiger partial charge in [0.15, 0.2) is 0 Å². The molecule has 2 heterocycles. The van der Waals surface area contributed by atoms with E-state index >= 15 is 0 Å². The van der Waals surface area contributed by atoms with E-state index in [9.17, 15) is 22.8 Å². The van der Waals surface area contributed by atoms with E-state index in [1.54, 1.807) is 17.3 Å². The molecule has 0 spiro atoms. The normalized spacial score (nSPS) is 14.4. The van der Waals surface area contributed by atoms with Crippen LogP contribution in [-0.4, -0.2) is 60.3 Å². The maximum atomic E-state index is 12.9. The number of nitrogens with zero attached hydrogens (tertiary/aromatic N) is 3. The third-order valence-electron chi connectivity index (χ3n) is 5.35. The first-order valence-corrected chi connectivity index (χ1v) is 11.0. The van der Waals surface area contributed by atoms with Gasteiger partial charge in [-0.25, -0.2) is 0 Å². The standard InChI is InChI=1S/C25H28F3N5O2/c1-17(24(35)31-21-6-4-5-20(12-21)25(26,27)28)19-7-9-33(10-8-19)15-18-11-22(14-29-13-18)30-23(34)16-32(2)3/h4-7,11-14H,1,8-10,15-16H2,2-3H3,(H,30,34)(H,31,35). The predicted molar refractivity (Wildman–Crippen MR) is 129 cm³/mol. The van der Waals surface area contributed by atoms with Crippen molar-refractivity contribution in [1.29, 1.82) is 0 Å². The Morgan fingerprint density at radius 3 is 2.57 bits per heavy atom. The Labute approximate surface area is 202 Å². The highest BCUT2D eigenvalue weighted by atomic mass is 19.4. The van der Waals surface area contributed by atoms with Gasteiger partial charge in [0.25, 0.3) is 5.91 Å². The molecule has 186 valence electrons. The van der Waals surface area contributed by atoms with E-state index in [0.717, 1.165) is 23.3 Å². The summed E-state index contributed by atoms with van der Waals surface area (Å²) in [5.41, 5.74) is 1.79. The number of alkyl halides is 3. The van der Waals surface area contributed by atoms with Crippen LogP contribution in [0.3, 0.4) is 0 Å². The van der Waals surface area contributed by atoms with E-state index in [-0.39, 0.29) is 23.7 Å². The number of aromatic nitrogens is 1. The fraction of sp³-hybridized carbons (Fsp3) is 0.320. The van der Waals surface area contributed by atoms with Crippen LogP contribution in [0.1, 0.15) is 17.5 Å². The predicted octanol–water partition coefficient (Wildman–Crippen LogP) is 3.93. The number of likely N-dealkylation sites (N-methyl/N-ethyl adjacent to an activating group) is 1. The average Bonchev–Trinajstić information content (AvgIpc) is 2.78.